The summed E-state index contributed by atoms with van der Waals surface area (Å²) in [6, 6.07) is 10.5. The van der Waals surface area contributed by atoms with Crippen LogP contribution < -0.4 is 9.64 Å². The molecule has 178 valence electrons. The van der Waals surface area contributed by atoms with Gasteiger partial charge < -0.3 is 14.2 Å². The summed E-state index contributed by atoms with van der Waals surface area (Å²) in [4.78, 5) is 26.0. The molecule has 0 aromatic heterocycles. The number of hydrogen-bond acceptors (Lipinski definition) is 5. The number of amides is 1. The van der Waals surface area contributed by atoms with Crippen molar-refractivity contribution in [2.24, 2.45) is 0 Å². The van der Waals surface area contributed by atoms with Crippen LogP contribution in [0.4, 0.5) is 14.9 Å². The summed E-state index contributed by atoms with van der Waals surface area (Å²) in [6.07, 6.45) is 1.73. The predicted molar refractivity (Wildman–Crippen MR) is 124 cm³/mol. The molecule has 0 atom stereocenters. The molecule has 1 amide bonds. The number of esters is 1. The van der Waals surface area contributed by atoms with Gasteiger partial charge in [-0.15, -0.1) is 0 Å². The summed E-state index contributed by atoms with van der Waals surface area (Å²) in [5.41, 5.74) is 2.55. The molecule has 0 radical (unpaired) electrons. The molecular weight excluding hydrogens is 425 g/mol. The number of nitrogens with zero attached hydrogens (tertiary/aromatic N) is 1. The molecule has 0 unspecified atom stereocenters. The molecule has 0 spiro atoms. The minimum Gasteiger partial charge on any atom is -0.489 e. The van der Waals surface area contributed by atoms with Gasteiger partial charge in [-0.2, -0.15) is 0 Å². The highest BCUT2D eigenvalue weighted by Crippen LogP contribution is 2.33. The lowest BCUT2D eigenvalue weighted by Crippen LogP contribution is -2.40. The quantitative estimate of drug-likeness (QED) is 0.507. The number of hydrogen-bond donors (Lipinski definition) is 0. The van der Waals surface area contributed by atoms with Crippen molar-refractivity contribution in [3.05, 3.63) is 58.9 Å². The van der Waals surface area contributed by atoms with E-state index >= 15 is 0 Å². The molecule has 33 heavy (non-hydrogen) atoms. The van der Waals surface area contributed by atoms with Crippen molar-refractivity contribution in [1.82, 2.24) is 0 Å². The zero-order valence-electron chi connectivity index (χ0n) is 19.8. The highest BCUT2D eigenvalue weighted by atomic mass is 19.1. The monoisotopic (exact) mass is 457 g/mol. The Morgan fingerprint density at radius 1 is 1.12 bits per heavy atom. The van der Waals surface area contributed by atoms with Gasteiger partial charge in [-0.1, -0.05) is 24.3 Å². The number of anilines is 1. The molecule has 0 fully saturated rings. The molecule has 2 aromatic carbocycles. The fraction of sp³-hybridized carbons (Fsp3) is 0.462. The van der Waals surface area contributed by atoms with Gasteiger partial charge in [-0.25, -0.2) is 9.18 Å². The largest absolute Gasteiger partial charge is 0.489 e. The second kappa shape index (κ2) is 10.7. The molecule has 1 heterocycles. The van der Waals surface area contributed by atoms with Gasteiger partial charge in [-0.05, 0) is 64.2 Å². The van der Waals surface area contributed by atoms with E-state index in [9.17, 15) is 14.0 Å². The molecular formula is C26H32FNO5. The molecule has 2 aromatic rings. The van der Waals surface area contributed by atoms with Gasteiger partial charge in [0.1, 0.15) is 23.8 Å². The predicted octanol–water partition coefficient (Wildman–Crippen LogP) is 5.59. The van der Waals surface area contributed by atoms with Crippen molar-refractivity contribution in [2.75, 3.05) is 18.1 Å². The Bertz CT molecular complexity index is 999. The van der Waals surface area contributed by atoms with Gasteiger partial charge in [-0.3, -0.25) is 9.69 Å². The molecule has 3 rings (SSSR count). The first-order valence-corrected chi connectivity index (χ1v) is 11.4. The Morgan fingerprint density at radius 3 is 2.61 bits per heavy atom. The van der Waals surface area contributed by atoms with E-state index in [-0.39, 0.29) is 31.5 Å². The Balaban J connectivity index is 1.72. The topological polar surface area (TPSA) is 65.1 Å². The number of carbonyl (C=O) groups excluding carboxylic acids is 2. The van der Waals surface area contributed by atoms with E-state index in [1.165, 1.54) is 6.07 Å². The Labute approximate surface area is 194 Å². The van der Waals surface area contributed by atoms with Crippen molar-refractivity contribution >= 4 is 17.7 Å². The molecule has 0 saturated heterocycles. The van der Waals surface area contributed by atoms with Gasteiger partial charge in [0.25, 0.3) is 0 Å². The number of aryl methyl sites for hydroxylation is 2. The number of rotatable bonds is 7. The number of fused-ring (bicyclic) bond motifs is 1. The van der Waals surface area contributed by atoms with E-state index in [0.717, 1.165) is 29.7 Å². The maximum absolute atomic E-state index is 14.5. The first-order valence-electron chi connectivity index (χ1n) is 11.4. The summed E-state index contributed by atoms with van der Waals surface area (Å²) >= 11 is 0. The van der Waals surface area contributed by atoms with Crippen LogP contribution in [0.15, 0.2) is 36.4 Å². The van der Waals surface area contributed by atoms with E-state index in [0.29, 0.717) is 24.5 Å². The fourth-order valence-electron chi connectivity index (χ4n) is 3.80. The van der Waals surface area contributed by atoms with Crippen LogP contribution >= 0.6 is 0 Å². The number of benzene rings is 2. The van der Waals surface area contributed by atoms with E-state index in [2.05, 4.69) is 0 Å². The number of carbonyl (C=O) groups is 2. The summed E-state index contributed by atoms with van der Waals surface area (Å²) in [5, 5.41) is 0. The van der Waals surface area contributed by atoms with Crippen LogP contribution in [0.2, 0.25) is 0 Å². The van der Waals surface area contributed by atoms with Gasteiger partial charge in [0.05, 0.1) is 12.3 Å². The Kier molecular flexibility index (Phi) is 7.95. The third kappa shape index (κ3) is 6.70. The lowest BCUT2D eigenvalue weighted by atomic mass is 9.98. The second-order valence-corrected chi connectivity index (χ2v) is 9.01. The van der Waals surface area contributed by atoms with Gasteiger partial charge in [0.2, 0.25) is 0 Å². The zero-order chi connectivity index (χ0) is 24.0. The van der Waals surface area contributed by atoms with Crippen molar-refractivity contribution in [3.63, 3.8) is 0 Å². The van der Waals surface area contributed by atoms with Gasteiger partial charge in [0.15, 0.2) is 0 Å². The minimum absolute atomic E-state index is 0.127. The Hall–Kier alpha value is -3.09. The van der Waals surface area contributed by atoms with Crippen LogP contribution in [0, 0.1) is 5.82 Å². The number of ether oxygens (including phenoxy) is 3. The van der Waals surface area contributed by atoms with Crippen LogP contribution in [0.25, 0.3) is 0 Å². The molecule has 1 aliphatic heterocycles. The zero-order valence-corrected chi connectivity index (χ0v) is 19.8. The van der Waals surface area contributed by atoms with Crippen LogP contribution in [-0.2, 0) is 33.7 Å². The average molecular weight is 458 g/mol. The third-order valence-corrected chi connectivity index (χ3v) is 5.24. The number of para-hydroxylation sites is 1. The molecule has 7 heteroatoms. The molecule has 6 nitrogen and oxygen atoms in total. The second-order valence-electron chi connectivity index (χ2n) is 9.01. The molecule has 0 N–H and O–H groups in total. The highest BCUT2D eigenvalue weighted by molar-refractivity contribution is 5.90. The fourth-order valence-corrected chi connectivity index (χ4v) is 3.80. The van der Waals surface area contributed by atoms with Crippen molar-refractivity contribution in [2.45, 2.75) is 65.6 Å². The smallest absolute Gasteiger partial charge is 0.414 e. The number of halogens is 1. The summed E-state index contributed by atoms with van der Waals surface area (Å²) < 4.78 is 30.9. The first kappa shape index (κ1) is 24.6. The maximum Gasteiger partial charge on any atom is 0.414 e. The molecule has 0 bridgehead atoms. The summed E-state index contributed by atoms with van der Waals surface area (Å²) in [5.74, 6) is -0.396. The summed E-state index contributed by atoms with van der Waals surface area (Å²) in [6.45, 7) is 8.33. The van der Waals surface area contributed by atoms with Crippen molar-refractivity contribution in [1.29, 1.82) is 0 Å². The maximum atomic E-state index is 14.5. The van der Waals surface area contributed by atoms with E-state index in [1.54, 1.807) is 24.0 Å². The minimum atomic E-state index is -0.591. The standard InChI is InChI=1S/C26H32FNO5/c1-5-31-23(29)14-12-18-11-13-21(16-22(18)27)32-17-20-9-6-8-19-10-7-15-28(24(19)20)25(30)33-26(2,3)4/h6,8-9,11,13,16H,5,7,10,12,14-15,17H2,1-4H3. The SMILES string of the molecule is CCOC(=O)CCc1ccc(OCc2cccc3c2N(C(=O)OC(C)(C)C)CCC3)cc1F. The van der Waals surface area contributed by atoms with Crippen LogP contribution in [0.3, 0.4) is 0 Å². The third-order valence-electron chi connectivity index (χ3n) is 5.24. The molecule has 0 saturated carbocycles. The van der Waals surface area contributed by atoms with E-state index < -0.39 is 11.4 Å². The lowest BCUT2D eigenvalue weighted by Gasteiger charge is -2.33. The van der Waals surface area contributed by atoms with E-state index in [1.807, 2.05) is 39.0 Å². The van der Waals surface area contributed by atoms with Crippen molar-refractivity contribution in [3.8, 4) is 5.75 Å². The van der Waals surface area contributed by atoms with Gasteiger partial charge in [0, 0.05) is 24.6 Å². The van der Waals surface area contributed by atoms with Crippen LogP contribution in [-0.4, -0.2) is 30.8 Å². The van der Waals surface area contributed by atoms with Crippen molar-refractivity contribution < 1.29 is 28.2 Å². The molecule has 1 aliphatic rings. The lowest BCUT2D eigenvalue weighted by molar-refractivity contribution is -0.143. The van der Waals surface area contributed by atoms with Crippen LogP contribution in [0.5, 0.6) is 5.75 Å². The average Bonchev–Trinajstić information content (AvgIpc) is 2.75. The van der Waals surface area contributed by atoms with E-state index in [4.69, 9.17) is 14.2 Å². The summed E-state index contributed by atoms with van der Waals surface area (Å²) in [7, 11) is 0. The van der Waals surface area contributed by atoms with Gasteiger partial charge >= 0.3 is 12.1 Å². The molecule has 0 aliphatic carbocycles. The first-order chi connectivity index (χ1) is 15.7. The Morgan fingerprint density at radius 2 is 1.91 bits per heavy atom. The normalized spacial score (nSPS) is 13.3. The highest BCUT2D eigenvalue weighted by Gasteiger charge is 2.29. The van der Waals surface area contributed by atoms with Crippen LogP contribution in [0.1, 0.15) is 57.2 Å².